The Bertz CT molecular complexity index is 563. The minimum atomic E-state index is -5.85. The number of ether oxygens (including phenoxy) is 2. The van der Waals surface area contributed by atoms with Crippen molar-refractivity contribution in [3.8, 4) is 0 Å². The maximum Gasteiger partial charge on any atom is 0.431 e. The second-order valence-corrected chi connectivity index (χ2v) is 6.95. The van der Waals surface area contributed by atoms with Crippen LogP contribution in [0.1, 0.15) is 20.3 Å². The van der Waals surface area contributed by atoms with Crippen molar-refractivity contribution < 1.29 is 55.6 Å². The van der Waals surface area contributed by atoms with Crippen LogP contribution in [0, 0.1) is 23.7 Å². The van der Waals surface area contributed by atoms with Crippen molar-refractivity contribution in [3.05, 3.63) is 0 Å². The molecule has 0 aromatic carbocycles. The van der Waals surface area contributed by atoms with Crippen LogP contribution < -0.4 is 5.32 Å². The first-order valence-electron chi connectivity index (χ1n) is 8.01. The molecule has 4 atom stereocenters. The molecule has 1 aliphatic rings. The molecule has 0 aromatic heterocycles. The number of methoxy groups -OCH3 is 2. The lowest BCUT2D eigenvalue weighted by Gasteiger charge is -2.54. The minimum Gasteiger partial charge on any atom is -0.469 e. The van der Waals surface area contributed by atoms with E-state index in [1.54, 1.807) is 0 Å². The van der Waals surface area contributed by atoms with Gasteiger partial charge in [-0.15, -0.1) is 0 Å². The molecule has 4 unspecified atom stereocenters. The van der Waals surface area contributed by atoms with E-state index in [1.165, 1.54) is 13.8 Å². The summed E-state index contributed by atoms with van der Waals surface area (Å²) >= 11 is 0. The van der Waals surface area contributed by atoms with E-state index in [2.05, 4.69) is 9.47 Å². The second kappa shape index (κ2) is 7.67. The molecule has 7 nitrogen and oxygen atoms in total. The second-order valence-electron chi connectivity index (χ2n) is 6.95. The van der Waals surface area contributed by atoms with Gasteiger partial charge >= 0.3 is 24.3 Å². The standard InChI is InChI=1S/C15H21F6NO6/c1-6(2)5-7-8(10(23)27-3)12(25,14(16,17)18)22-13(26,15(19,20)21)9(7)11(24)28-4/h6-9,22,25-26H,5H2,1-4H3. The fourth-order valence-electron chi connectivity index (χ4n) is 3.51. The molecule has 0 radical (unpaired) electrons. The Hall–Kier alpha value is -1.60. The number of aliphatic hydroxyl groups is 2. The Morgan fingerprint density at radius 3 is 1.46 bits per heavy atom. The maximum absolute atomic E-state index is 13.6. The average molecular weight is 425 g/mol. The summed E-state index contributed by atoms with van der Waals surface area (Å²) in [4.78, 5) is 24.2. The largest absolute Gasteiger partial charge is 0.469 e. The number of esters is 2. The van der Waals surface area contributed by atoms with Crippen molar-refractivity contribution in [1.82, 2.24) is 5.32 Å². The minimum absolute atomic E-state index is 0.571. The lowest BCUT2D eigenvalue weighted by molar-refractivity contribution is -0.382. The van der Waals surface area contributed by atoms with Gasteiger partial charge in [-0.3, -0.25) is 9.59 Å². The smallest absolute Gasteiger partial charge is 0.431 e. The number of halogens is 6. The number of piperidine rings is 1. The van der Waals surface area contributed by atoms with Crippen molar-refractivity contribution >= 4 is 11.9 Å². The van der Waals surface area contributed by atoms with E-state index in [9.17, 15) is 46.1 Å². The van der Waals surface area contributed by atoms with Crippen molar-refractivity contribution in [2.24, 2.45) is 23.7 Å². The number of rotatable bonds is 4. The molecule has 1 aliphatic heterocycles. The maximum atomic E-state index is 13.6. The topological polar surface area (TPSA) is 105 Å². The first-order valence-corrected chi connectivity index (χ1v) is 8.01. The number of hydrogen-bond donors (Lipinski definition) is 3. The number of carbonyl (C=O) groups excluding carboxylic acids is 2. The molecule has 1 rings (SSSR count). The molecule has 13 heteroatoms. The zero-order chi connectivity index (χ0) is 22.3. The third kappa shape index (κ3) is 3.92. The number of alkyl halides is 6. The van der Waals surface area contributed by atoms with E-state index < -0.39 is 65.8 Å². The van der Waals surface area contributed by atoms with E-state index in [-0.39, 0.29) is 0 Å². The van der Waals surface area contributed by atoms with Gasteiger partial charge in [-0.25, -0.2) is 5.32 Å². The van der Waals surface area contributed by atoms with Crippen LogP contribution in [-0.2, 0) is 19.1 Å². The highest BCUT2D eigenvalue weighted by atomic mass is 19.4. The van der Waals surface area contributed by atoms with Crippen LogP contribution in [0.15, 0.2) is 0 Å². The fourth-order valence-corrected chi connectivity index (χ4v) is 3.51. The lowest BCUT2D eigenvalue weighted by Crippen LogP contribution is -2.82. The van der Waals surface area contributed by atoms with E-state index in [0.717, 1.165) is 0 Å². The molecular formula is C15H21F6NO6. The third-order valence-electron chi connectivity index (χ3n) is 4.66. The van der Waals surface area contributed by atoms with Gasteiger partial charge in [0.2, 0.25) is 11.4 Å². The summed E-state index contributed by atoms with van der Waals surface area (Å²) in [6.45, 7) is 2.81. The Morgan fingerprint density at radius 1 is 0.929 bits per heavy atom. The van der Waals surface area contributed by atoms with E-state index >= 15 is 0 Å². The van der Waals surface area contributed by atoms with Crippen LogP contribution in [0.5, 0.6) is 0 Å². The molecule has 28 heavy (non-hydrogen) atoms. The summed E-state index contributed by atoms with van der Waals surface area (Å²) in [5.74, 6) is -11.6. The van der Waals surface area contributed by atoms with Gasteiger partial charge in [0.1, 0.15) is 11.8 Å². The van der Waals surface area contributed by atoms with Crippen molar-refractivity contribution in [3.63, 3.8) is 0 Å². The van der Waals surface area contributed by atoms with Gasteiger partial charge in [0, 0.05) is 0 Å². The number of hydrogen-bond acceptors (Lipinski definition) is 7. The fraction of sp³-hybridized carbons (Fsp3) is 0.867. The van der Waals surface area contributed by atoms with Crippen molar-refractivity contribution in [2.45, 2.75) is 44.1 Å². The van der Waals surface area contributed by atoms with Crippen molar-refractivity contribution in [2.75, 3.05) is 14.2 Å². The van der Waals surface area contributed by atoms with Crippen LogP contribution in [0.2, 0.25) is 0 Å². The van der Waals surface area contributed by atoms with E-state index in [0.29, 0.717) is 19.5 Å². The van der Waals surface area contributed by atoms with Gasteiger partial charge in [0.15, 0.2) is 0 Å². The van der Waals surface area contributed by atoms with Crippen LogP contribution in [0.4, 0.5) is 26.3 Å². The molecule has 0 spiro atoms. The van der Waals surface area contributed by atoms with Crippen LogP contribution in [-0.4, -0.2) is 60.2 Å². The average Bonchev–Trinajstić information content (AvgIpc) is 2.51. The SMILES string of the molecule is COC(=O)C1C(CC(C)C)C(C(=O)OC)C(O)(C(F)(F)F)NC1(O)C(F)(F)F. The van der Waals surface area contributed by atoms with Crippen LogP contribution in [0.3, 0.4) is 0 Å². The summed E-state index contributed by atoms with van der Waals surface area (Å²) in [5, 5.41) is 21.0. The molecule has 1 saturated heterocycles. The molecule has 1 fully saturated rings. The predicted octanol–water partition coefficient (Wildman–Crippen LogP) is 1.33. The van der Waals surface area contributed by atoms with Crippen molar-refractivity contribution in [1.29, 1.82) is 0 Å². The molecule has 3 N–H and O–H groups in total. The Labute approximate surface area is 156 Å². The highest BCUT2D eigenvalue weighted by Crippen LogP contribution is 2.53. The molecule has 0 amide bonds. The quantitative estimate of drug-likeness (QED) is 0.461. The Morgan fingerprint density at radius 2 is 1.25 bits per heavy atom. The van der Waals surface area contributed by atoms with Gasteiger partial charge in [-0.1, -0.05) is 13.8 Å². The molecular weight excluding hydrogens is 404 g/mol. The van der Waals surface area contributed by atoms with Crippen LogP contribution in [0.25, 0.3) is 0 Å². The highest BCUT2D eigenvalue weighted by molar-refractivity contribution is 5.79. The number of nitrogens with one attached hydrogen (secondary N) is 1. The predicted molar refractivity (Wildman–Crippen MR) is 79.1 cm³/mol. The van der Waals surface area contributed by atoms with Gasteiger partial charge in [0.25, 0.3) is 0 Å². The molecule has 1 heterocycles. The highest BCUT2D eigenvalue weighted by Gasteiger charge is 2.78. The monoisotopic (exact) mass is 425 g/mol. The first-order chi connectivity index (χ1) is 12.5. The zero-order valence-corrected chi connectivity index (χ0v) is 15.3. The Kier molecular flexibility index (Phi) is 6.70. The molecule has 0 aromatic rings. The van der Waals surface area contributed by atoms with E-state index in [4.69, 9.17) is 0 Å². The first kappa shape index (κ1) is 24.4. The third-order valence-corrected chi connectivity index (χ3v) is 4.66. The van der Waals surface area contributed by atoms with Gasteiger partial charge in [-0.05, 0) is 18.3 Å². The van der Waals surface area contributed by atoms with E-state index in [1.807, 2.05) is 0 Å². The normalized spacial score (nSPS) is 34.2. The zero-order valence-electron chi connectivity index (χ0n) is 15.3. The van der Waals surface area contributed by atoms with Gasteiger partial charge < -0.3 is 19.7 Å². The number of carbonyl (C=O) groups is 2. The molecule has 0 aliphatic carbocycles. The molecule has 0 saturated carbocycles. The summed E-state index contributed by atoms with van der Waals surface area (Å²) in [5.41, 5.74) is -9.07. The van der Waals surface area contributed by atoms with Crippen LogP contribution >= 0.6 is 0 Å². The molecule has 0 bridgehead atoms. The summed E-state index contributed by atoms with van der Waals surface area (Å²) < 4.78 is 90.2. The summed E-state index contributed by atoms with van der Waals surface area (Å²) in [6, 6.07) is 0. The lowest BCUT2D eigenvalue weighted by atomic mass is 9.64. The van der Waals surface area contributed by atoms with Gasteiger partial charge in [-0.2, -0.15) is 26.3 Å². The summed E-state index contributed by atoms with van der Waals surface area (Å²) in [7, 11) is 1.34. The summed E-state index contributed by atoms with van der Waals surface area (Å²) in [6.07, 6.45) is -12.3. The molecule has 164 valence electrons. The Balaban J connectivity index is 3.88. The van der Waals surface area contributed by atoms with Gasteiger partial charge in [0.05, 0.1) is 14.2 Å².